The maximum Gasteiger partial charge on any atom is 0.344 e. The number of esters is 1. The van der Waals surface area contributed by atoms with Gasteiger partial charge in [-0.05, 0) is 30.2 Å². The Morgan fingerprint density at radius 1 is 1.09 bits per heavy atom. The van der Waals surface area contributed by atoms with Crippen LogP contribution in [0.15, 0.2) is 75.3 Å². The second-order valence-corrected chi connectivity index (χ2v) is 8.76. The first-order chi connectivity index (χ1) is 15.8. The lowest BCUT2D eigenvalue weighted by Gasteiger charge is -2.23. The molecule has 4 rings (SSSR count). The van der Waals surface area contributed by atoms with Gasteiger partial charge in [0.25, 0.3) is 5.89 Å². The van der Waals surface area contributed by atoms with Gasteiger partial charge in [-0.25, -0.2) is 9.18 Å². The molecular weight excluding hydrogens is 451 g/mol. The first kappa shape index (κ1) is 22.3. The standard InChI is InChI=1S/C22H19FN4O5S/c1-15-19(13-27(33(29,30)26-15)12-17-5-3-2-4-6-17)22(28)31-14-21-24-20(25-32-21)11-16-7-9-18(23)10-8-16/h2-10,13H,11-12,14H2,1H3. The highest BCUT2D eigenvalue weighted by Gasteiger charge is 2.29. The molecule has 0 spiro atoms. The molecule has 2 heterocycles. The number of hydrogen-bond donors (Lipinski definition) is 0. The number of carbonyl (C=O) groups excluding carboxylic acids is 1. The summed E-state index contributed by atoms with van der Waals surface area (Å²) in [5, 5.41) is 3.82. The van der Waals surface area contributed by atoms with E-state index in [1.54, 1.807) is 36.4 Å². The smallest absolute Gasteiger partial charge is 0.344 e. The molecule has 0 unspecified atom stereocenters. The number of rotatable bonds is 7. The minimum Gasteiger partial charge on any atom is -0.452 e. The lowest BCUT2D eigenvalue weighted by molar-refractivity contribution is -0.140. The van der Waals surface area contributed by atoms with Crippen LogP contribution in [-0.4, -0.2) is 34.5 Å². The Bertz CT molecular complexity index is 1320. The van der Waals surface area contributed by atoms with Crippen molar-refractivity contribution in [1.82, 2.24) is 14.4 Å². The highest BCUT2D eigenvalue weighted by Crippen LogP contribution is 2.20. The summed E-state index contributed by atoms with van der Waals surface area (Å²) >= 11 is 0. The SMILES string of the molecule is CC1=NS(=O)(=O)N(Cc2ccccc2)C=C1C(=O)OCc1nc(Cc2ccc(F)cc2)no1. The lowest BCUT2D eigenvalue weighted by Crippen LogP contribution is -2.31. The first-order valence-electron chi connectivity index (χ1n) is 9.87. The molecule has 2 aromatic carbocycles. The first-order valence-corrected chi connectivity index (χ1v) is 11.3. The predicted octanol–water partition coefficient (Wildman–Crippen LogP) is 2.95. The minimum atomic E-state index is -3.96. The number of halogens is 1. The van der Waals surface area contributed by atoms with Crippen LogP contribution in [0.3, 0.4) is 0 Å². The van der Waals surface area contributed by atoms with Crippen molar-refractivity contribution in [1.29, 1.82) is 0 Å². The van der Waals surface area contributed by atoms with Crippen molar-refractivity contribution < 1.29 is 26.9 Å². The van der Waals surface area contributed by atoms with Crippen molar-refractivity contribution in [3.05, 3.63) is 95.0 Å². The third kappa shape index (κ3) is 5.50. The maximum atomic E-state index is 13.0. The van der Waals surface area contributed by atoms with Gasteiger partial charge >= 0.3 is 16.2 Å². The summed E-state index contributed by atoms with van der Waals surface area (Å²) in [6.45, 7) is 1.14. The zero-order chi connectivity index (χ0) is 23.4. The van der Waals surface area contributed by atoms with E-state index < -0.39 is 16.2 Å². The summed E-state index contributed by atoms with van der Waals surface area (Å²) in [7, 11) is -3.96. The third-order valence-corrected chi connectivity index (χ3v) is 6.06. The zero-order valence-corrected chi connectivity index (χ0v) is 18.3. The van der Waals surface area contributed by atoms with Crippen LogP contribution in [0, 0.1) is 5.82 Å². The average molecular weight is 470 g/mol. The number of benzene rings is 2. The Kier molecular flexibility index (Phi) is 6.31. The van der Waals surface area contributed by atoms with E-state index in [2.05, 4.69) is 14.5 Å². The van der Waals surface area contributed by atoms with Crippen LogP contribution in [-0.2, 0) is 39.3 Å². The number of hydrogen-bond acceptors (Lipinski definition) is 7. The second-order valence-electron chi connectivity index (χ2n) is 7.21. The van der Waals surface area contributed by atoms with E-state index in [1.807, 2.05) is 6.07 Å². The summed E-state index contributed by atoms with van der Waals surface area (Å²) in [6.07, 6.45) is 1.53. The quantitative estimate of drug-likeness (QED) is 0.488. The molecule has 1 aliphatic rings. The van der Waals surface area contributed by atoms with Gasteiger partial charge in [-0.15, -0.1) is 4.40 Å². The van der Waals surface area contributed by atoms with E-state index in [-0.39, 0.29) is 36.1 Å². The van der Waals surface area contributed by atoms with Crippen molar-refractivity contribution in [2.75, 3.05) is 0 Å². The van der Waals surface area contributed by atoms with Crippen molar-refractivity contribution in [2.45, 2.75) is 26.5 Å². The third-order valence-electron chi connectivity index (χ3n) is 4.73. The van der Waals surface area contributed by atoms with Gasteiger partial charge in [0, 0.05) is 12.6 Å². The summed E-state index contributed by atoms with van der Waals surface area (Å²) in [5.74, 6) is -0.699. The monoisotopic (exact) mass is 470 g/mol. The predicted molar refractivity (Wildman–Crippen MR) is 115 cm³/mol. The molecule has 0 radical (unpaired) electrons. The van der Waals surface area contributed by atoms with Crippen molar-refractivity contribution in [3.63, 3.8) is 0 Å². The Morgan fingerprint density at radius 3 is 2.55 bits per heavy atom. The molecule has 9 nitrogen and oxygen atoms in total. The van der Waals surface area contributed by atoms with E-state index in [1.165, 1.54) is 25.3 Å². The number of ether oxygens (including phenoxy) is 1. The Morgan fingerprint density at radius 2 is 1.82 bits per heavy atom. The molecule has 0 saturated carbocycles. The zero-order valence-electron chi connectivity index (χ0n) is 17.5. The average Bonchev–Trinajstić information content (AvgIpc) is 3.23. The van der Waals surface area contributed by atoms with Gasteiger partial charge < -0.3 is 9.26 Å². The highest BCUT2D eigenvalue weighted by molar-refractivity contribution is 7.88. The lowest BCUT2D eigenvalue weighted by atomic mass is 10.1. The molecule has 0 bridgehead atoms. The van der Waals surface area contributed by atoms with E-state index >= 15 is 0 Å². The van der Waals surface area contributed by atoms with Crippen LogP contribution in [0.5, 0.6) is 0 Å². The Labute approximate surface area is 189 Å². The molecule has 1 aliphatic heterocycles. The molecule has 0 saturated heterocycles. The van der Waals surface area contributed by atoms with Gasteiger partial charge in [0.1, 0.15) is 5.82 Å². The van der Waals surface area contributed by atoms with E-state index in [4.69, 9.17) is 9.26 Å². The fraction of sp³-hybridized carbons (Fsp3) is 0.182. The molecule has 1 aromatic heterocycles. The van der Waals surface area contributed by atoms with Crippen LogP contribution in [0.2, 0.25) is 0 Å². The van der Waals surface area contributed by atoms with Crippen LogP contribution in [0.25, 0.3) is 0 Å². The van der Waals surface area contributed by atoms with E-state index in [0.29, 0.717) is 12.2 Å². The van der Waals surface area contributed by atoms with Gasteiger partial charge in [-0.2, -0.15) is 13.4 Å². The van der Waals surface area contributed by atoms with Gasteiger partial charge in [-0.3, -0.25) is 4.31 Å². The van der Waals surface area contributed by atoms with Crippen LogP contribution in [0.1, 0.15) is 29.8 Å². The van der Waals surface area contributed by atoms with Crippen molar-refractivity contribution in [3.8, 4) is 0 Å². The minimum absolute atomic E-state index is 0.00630. The van der Waals surface area contributed by atoms with Crippen LogP contribution >= 0.6 is 0 Å². The molecule has 33 heavy (non-hydrogen) atoms. The summed E-state index contributed by atoms with van der Waals surface area (Å²) in [4.78, 5) is 16.8. The largest absolute Gasteiger partial charge is 0.452 e. The molecule has 0 fully saturated rings. The van der Waals surface area contributed by atoms with Gasteiger partial charge in [0.2, 0.25) is 0 Å². The normalized spacial score (nSPS) is 15.0. The Hall–Kier alpha value is -3.86. The van der Waals surface area contributed by atoms with Crippen molar-refractivity contribution >= 4 is 21.9 Å². The fourth-order valence-corrected chi connectivity index (χ4v) is 4.18. The molecular formula is C22H19FN4O5S. The molecule has 0 amide bonds. The molecule has 11 heteroatoms. The fourth-order valence-electron chi connectivity index (χ4n) is 3.08. The topological polar surface area (TPSA) is 115 Å². The molecule has 3 aromatic rings. The maximum absolute atomic E-state index is 13.0. The molecule has 0 aliphatic carbocycles. The Balaban J connectivity index is 1.41. The number of nitrogens with zero attached hydrogens (tertiary/aromatic N) is 4. The number of carbonyl (C=O) groups is 1. The van der Waals surface area contributed by atoms with E-state index in [9.17, 15) is 17.6 Å². The van der Waals surface area contributed by atoms with Crippen LogP contribution < -0.4 is 0 Å². The van der Waals surface area contributed by atoms with Gasteiger partial charge in [0.15, 0.2) is 12.4 Å². The van der Waals surface area contributed by atoms with Gasteiger partial charge in [0.05, 0.1) is 17.8 Å². The van der Waals surface area contributed by atoms with E-state index in [0.717, 1.165) is 15.4 Å². The van der Waals surface area contributed by atoms with Gasteiger partial charge in [-0.1, -0.05) is 47.6 Å². The summed E-state index contributed by atoms with van der Waals surface area (Å²) in [5.41, 5.74) is 1.55. The summed E-state index contributed by atoms with van der Waals surface area (Å²) < 4.78 is 52.8. The van der Waals surface area contributed by atoms with Crippen molar-refractivity contribution in [2.24, 2.45) is 4.40 Å². The summed E-state index contributed by atoms with van der Waals surface area (Å²) in [6, 6.07) is 14.8. The second kappa shape index (κ2) is 9.33. The molecule has 170 valence electrons. The molecule has 0 N–H and O–H groups in total. The van der Waals surface area contributed by atoms with Crippen LogP contribution in [0.4, 0.5) is 4.39 Å². The highest BCUT2D eigenvalue weighted by atomic mass is 32.2. The number of aromatic nitrogens is 2. The molecule has 0 atom stereocenters.